The Morgan fingerprint density at radius 1 is 1.28 bits per heavy atom. The Labute approximate surface area is 150 Å². The molecule has 0 bridgehead atoms. The molecule has 0 aliphatic carbocycles. The fourth-order valence-corrected chi connectivity index (χ4v) is 3.44. The molecule has 1 aromatic carbocycles. The lowest BCUT2D eigenvalue weighted by Crippen LogP contribution is -2.28. The van der Waals surface area contributed by atoms with Crippen LogP contribution >= 0.6 is 11.3 Å². The molecule has 1 fully saturated rings. The summed E-state index contributed by atoms with van der Waals surface area (Å²) >= 11 is 1.41. The first-order valence-electron chi connectivity index (χ1n) is 8.29. The highest BCUT2D eigenvalue weighted by Crippen LogP contribution is 2.30. The van der Waals surface area contributed by atoms with E-state index in [0.717, 1.165) is 23.3 Å². The van der Waals surface area contributed by atoms with Crippen molar-refractivity contribution in [1.82, 2.24) is 4.98 Å². The smallest absolute Gasteiger partial charge is 0.338 e. The Balaban J connectivity index is 1.64. The molecule has 1 aliphatic heterocycles. The number of thiazole rings is 1. The molecule has 1 saturated heterocycles. The third-order valence-electron chi connectivity index (χ3n) is 4.01. The lowest BCUT2D eigenvalue weighted by Gasteiger charge is -2.20. The Morgan fingerprint density at radius 2 is 2.00 bits per heavy atom. The maximum Gasteiger partial charge on any atom is 0.338 e. The van der Waals surface area contributed by atoms with E-state index in [9.17, 15) is 9.59 Å². The average Bonchev–Trinajstić information content (AvgIpc) is 3.11. The van der Waals surface area contributed by atoms with Crippen molar-refractivity contribution < 1.29 is 19.1 Å². The third-order valence-corrected chi connectivity index (χ3v) is 4.97. The lowest BCUT2D eigenvalue weighted by atomic mass is 10.00. The normalized spacial score (nSPS) is 14.9. The van der Waals surface area contributed by atoms with Crippen molar-refractivity contribution in [2.45, 2.75) is 19.8 Å². The van der Waals surface area contributed by atoms with Gasteiger partial charge >= 0.3 is 5.97 Å². The number of nitrogens with one attached hydrogen (secondary N) is 1. The quantitative estimate of drug-likeness (QED) is 0.828. The van der Waals surface area contributed by atoms with Crippen LogP contribution in [0.5, 0.6) is 0 Å². The van der Waals surface area contributed by atoms with E-state index in [0.29, 0.717) is 30.5 Å². The number of aromatic nitrogens is 1. The van der Waals surface area contributed by atoms with E-state index in [1.807, 2.05) is 12.1 Å². The van der Waals surface area contributed by atoms with E-state index in [1.165, 1.54) is 11.3 Å². The fourth-order valence-electron chi connectivity index (χ4n) is 2.62. The number of ether oxygens (including phenoxy) is 2. The molecular weight excluding hydrogens is 340 g/mol. The van der Waals surface area contributed by atoms with Gasteiger partial charge in [-0.1, -0.05) is 23.5 Å². The summed E-state index contributed by atoms with van der Waals surface area (Å²) in [5.74, 6) is -0.338. The molecule has 6 nitrogen and oxygen atoms in total. The van der Waals surface area contributed by atoms with Crippen molar-refractivity contribution in [3.8, 4) is 10.4 Å². The fraction of sp³-hybridized carbons (Fsp3) is 0.389. The van der Waals surface area contributed by atoms with Gasteiger partial charge in [0.05, 0.1) is 17.0 Å². The Kier molecular flexibility index (Phi) is 5.78. The number of nitrogens with zero attached hydrogens (tertiary/aromatic N) is 1. The molecule has 0 atom stereocenters. The van der Waals surface area contributed by atoms with Gasteiger partial charge in [-0.25, -0.2) is 9.78 Å². The van der Waals surface area contributed by atoms with Crippen LogP contribution in [0.15, 0.2) is 30.5 Å². The van der Waals surface area contributed by atoms with Gasteiger partial charge in [0.15, 0.2) is 5.13 Å². The van der Waals surface area contributed by atoms with Crippen molar-refractivity contribution in [3.05, 3.63) is 36.0 Å². The van der Waals surface area contributed by atoms with E-state index >= 15 is 0 Å². The summed E-state index contributed by atoms with van der Waals surface area (Å²) in [5, 5.41) is 3.47. The molecule has 7 heteroatoms. The molecule has 0 saturated carbocycles. The summed E-state index contributed by atoms with van der Waals surface area (Å²) in [6.07, 6.45) is 3.22. The number of anilines is 1. The molecule has 1 N–H and O–H groups in total. The minimum absolute atomic E-state index is 0.00172. The minimum atomic E-state index is -0.331. The SMILES string of the molecule is CCOC(=O)c1ccc(-c2cnc(NC(=O)C3CCOCC3)s2)cc1. The zero-order chi connectivity index (χ0) is 17.6. The van der Waals surface area contributed by atoms with E-state index in [1.54, 1.807) is 25.3 Å². The molecule has 0 radical (unpaired) electrons. The second-order valence-electron chi connectivity index (χ2n) is 5.70. The molecule has 25 heavy (non-hydrogen) atoms. The van der Waals surface area contributed by atoms with Crippen LogP contribution in [0.1, 0.15) is 30.1 Å². The number of hydrogen-bond acceptors (Lipinski definition) is 6. The predicted molar refractivity (Wildman–Crippen MR) is 95.7 cm³/mol. The molecule has 2 aromatic rings. The van der Waals surface area contributed by atoms with Crippen LogP contribution in [0.25, 0.3) is 10.4 Å². The van der Waals surface area contributed by atoms with Gasteiger partial charge in [0.2, 0.25) is 5.91 Å². The molecule has 1 aliphatic rings. The first-order valence-corrected chi connectivity index (χ1v) is 9.11. The highest BCUT2D eigenvalue weighted by Gasteiger charge is 2.22. The first kappa shape index (κ1) is 17.6. The zero-order valence-corrected chi connectivity index (χ0v) is 14.8. The zero-order valence-electron chi connectivity index (χ0n) is 14.0. The van der Waals surface area contributed by atoms with Gasteiger partial charge in [0.1, 0.15) is 0 Å². The molecule has 2 heterocycles. The van der Waals surface area contributed by atoms with Crippen molar-refractivity contribution in [2.24, 2.45) is 5.92 Å². The van der Waals surface area contributed by atoms with Crippen LogP contribution in [0.4, 0.5) is 5.13 Å². The van der Waals surface area contributed by atoms with Crippen LogP contribution < -0.4 is 5.32 Å². The number of amides is 1. The number of hydrogen-bond donors (Lipinski definition) is 1. The van der Waals surface area contributed by atoms with Crippen molar-refractivity contribution >= 4 is 28.3 Å². The van der Waals surface area contributed by atoms with E-state index < -0.39 is 0 Å². The minimum Gasteiger partial charge on any atom is -0.462 e. The summed E-state index contributed by atoms with van der Waals surface area (Å²) in [6.45, 7) is 3.40. The largest absolute Gasteiger partial charge is 0.462 e. The molecule has 3 rings (SSSR count). The Hall–Kier alpha value is -2.25. The summed E-state index contributed by atoms with van der Waals surface area (Å²) in [6, 6.07) is 7.16. The molecule has 1 amide bonds. The Bertz CT molecular complexity index is 736. The van der Waals surface area contributed by atoms with Crippen LogP contribution in [0, 0.1) is 5.92 Å². The maximum atomic E-state index is 12.2. The monoisotopic (exact) mass is 360 g/mol. The molecule has 1 aromatic heterocycles. The van der Waals surface area contributed by atoms with Crippen molar-refractivity contribution in [1.29, 1.82) is 0 Å². The maximum absolute atomic E-state index is 12.2. The summed E-state index contributed by atoms with van der Waals surface area (Å²) in [4.78, 5) is 29.1. The second-order valence-corrected chi connectivity index (χ2v) is 6.73. The van der Waals surface area contributed by atoms with Crippen LogP contribution in [0.3, 0.4) is 0 Å². The van der Waals surface area contributed by atoms with Gasteiger partial charge in [0, 0.05) is 25.3 Å². The molecule has 0 spiro atoms. The lowest BCUT2D eigenvalue weighted by molar-refractivity contribution is -0.122. The average molecular weight is 360 g/mol. The van der Waals surface area contributed by atoms with E-state index in [4.69, 9.17) is 9.47 Å². The van der Waals surface area contributed by atoms with E-state index in [-0.39, 0.29) is 17.8 Å². The molecule has 0 unspecified atom stereocenters. The van der Waals surface area contributed by atoms with Gasteiger partial charge in [0.25, 0.3) is 0 Å². The van der Waals surface area contributed by atoms with Crippen LogP contribution in [-0.4, -0.2) is 36.7 Å². The van der Waals surface area contributed by atoms with Gasteiger partial charge in [-0.15, -0.1) is 0 Å². The highest BCUT2D eigenvalue weighted by atomic mass is 32.1. The van der Waals surface area contributed by atoms with E-state index in [2.05, 4.69) is 10.3 Å². The highest BCUT2D eigenvalue weighted by molar-refractivity contribution is 7.19. The van der Waals surface area contributed by atoms with Gasteiger partial charge in [-0.2, -0.15) is 0 Å². The predicted octanol–water partition coefficient (Wildman–Crippen LogP) is 3.35. The van der Waals surface area contributed by atoms with Crippen molar-refractivity contribution in [2.75, 3.05) is 25.1 Å². The summed E-state index contributed by atoms with van der Waals surface area (Å²) < 4.78 is 10.3. The van der Waals surface area contributed by atoms with Gasteiger partial charge in [-0.3, -0.25) is 4.79 Å². The molecule has 132 valence electrons. The number of carbonyl (C=O) groups is 2. The summed E-state index contributed by atoms with van der Waals surface area (Å²) in [7, 11) is 0. The number of esters is 1. The number of rotatable bonds is 5. The second kappa shape index (κ2) is 8.22. The number of benzene rings is 1. The topological polar surface area (TPSA) is 77.5 Å². The van der Waals surface area contributed by atoms with Crippen molar-refractivity contribution in [3.63, 3.8) is 0 Å². The van der Waals surface area contributed by atoms with Crippen LogP contribution in [0.2, 0.25) is 0 Å². The van der Waals surface area contributed by atoms with Gasteiger partial charge in [-0.05, 0) is 37.5 Å². The molecular formula is C18H20N2O4S. The van der Waals surface area contributed by atoms with Gasteiger partial charge < -0.3 is 14.8 Å². The third kappa shape index (κ3) is 4.43. The van der Waals surface area contributed by atoms with Crippen LogP contribution in [-0.2, 0) is 14.3 Å². The first-order chi connectivity index (χ1) is 12.2. The standard InChI is InChI=1S/C18H20N2O4S/c1-2-24-17(22)14-5-3-12(4-6-14)15-11-19-18(25-15)20-16(21)13-7-9-23-10-8-13/h3-6,11,13H,2,7-10H2,1H3,(H,19,20,21). The summed E-state index contributed by atoms with van der Waals surface area (Å²) in [5.41, 5.74) is 1.46. The Morgan fingerprint density at radius 3 is 2.68 bits per heavy atom. The number of carbonyl (C=O) groups excluding carboxylic acids is 2.